The number of carbonyl (C=O) groups is 1. The zero-order valence-electron chi connectivity index (χ0n) is 14.0. The predicted octanol–water partition coefficient (Wildman–Crippen LogP) is 3.34. The number of carbonyl (C=O) groups excluding carboxylic acids is 1. The van der Waals surface area contributed by atoms with Gasteiger partial charge in [-0.3, -0.25) is 4.79 Å². The number of benzene rings is 2. The lowest BCUT2D eigenvalue weighted by Gasteiger charge is -2.18. The minimum absolute atomic E-state index is 0.124. The van der Waals surface area contributed by atoms with Gasteiger partial charge in [-0.2, -0.15) is 10.1 Å². The second kappa shape index (κ2) is 7.39. The Morgan fingerprint density at radius 3 is 2.56 bits per heavy atom. The van der Waals surface area contributed by atoms with Crippen LogP contribution in [-0.4, -0.2) is 28.1 Å². The van der Waals surface area contributed by atoms with E-state index in [0.29, 0.717) is 17.5 Å². The molecule has 25 heavy (non-hydrogen) atoms. The van der Waals surface area contributed by atoms with Crippen molar-refractivity contribution in [2.24, 2.45) is 0 Å². The third-order valence-electron chi connectivity index (χ3n) is 3.47. The Hall–Kier alpha value is -3.48. The zero-order chi connectivity index (χ0) is 17.6. The van der Waals surface area contributed by atoms with E-state index in [1.165, 1.54) is 6.92 Å². The van der Waals surface area contributed by atoms with E-state index < -0.39 is 0 Å². The van der Waals surface area contributed by atoms with Crippen LogP contribution >= 0.6 is 0 Å². The third kappa shape index (κ3) is 4.29. The van der Waals surface area contributed by atoms with Crippen molar-refractivity contribution in [3.63, 3.8) is 0 Å². The largest absolute Gasteiger partial charge is 0.328 e. The van der Waals surface area contributed by atoms with Crippen molar-refractivity contribution in [3.05, 3.63) is 60.8 Å². The Morgan fingerprint density at radius 2 is 1.80 bits per heavy atom. The van der Waals surface area contributed by atoms with Crippen molar-refractivity contribution in [3.8, 4) is 0 Å². The molecule has 0 saturated carbocycles. The van der Waals surface area contributed by atoms with E-state index in [1.54, 1.807) is 12.3 Å². The zero-order valence-corrected chi connectivity index (χ0v) is 14.0. The van der Waals surface area contributed by atoms with Crippen molar-refractivity contribution < 1.29 is 4.79 Å². The first-order chi connectivity index (χ1) is 12.1. The minimum atomic E-state index is -0.124. The summed E-state index contributed by atoms with van der Waals surface area (Å²) in [6.07, 6.45) is 1.60. The molecule has 1 amide bonds. The fourth-order valence-electron chi connectivity index (χ4n) is 2.30. The molecule has 2 aromatic carbocycles. The average Bonchev–Trinajstić information content (AvgIpc) is 2.62. The summed E-state index contributed by atoms with van der Waals surface area (Å²) in [6.45, 7) is 1.47. The van der Waals surface area contributed by atoms with E-state index in [2.05, 4.69) is 25.8 Å². The summed E-state index contributed by atoms with van der Waals surface area (Å²) in [5.74, 6) is 0.920. The molecule has 0 bridgehead atoms. The van der Waals surface area contributed by atoms with Gasteiger partial charge < -0.3 is 15.5 Å². The highest BCUT2D eigenvalue weighted by atomic mass is 16.1. The Bertz CT molecular complexity index is 868. The number of hydrogen-bond acceptors (Lipinski definition) is 6. The number of para-hydroxylation sites is 1. The maximum atomic E-state index is 11.2. The van der Waals surface area contributed by atoms with E-state index in [4.69, 9.17) is 0 Å². The summed E-state index contributed by atoms with van der Waals surface area (Å²) in [4.78, 5) is 17.6. The highest BCUT2D eigenvalue weighted by Gasteiger charge is 2.08. The van der Waals surface area contributed by atoms with Gasteiger partial charge in [-0.1, -0.05) is 24.3 Å². The molecule has 0 aliphatic carbocycles. The quantitative estimate of drug-likeness (QED) is 0.744. The molecule has 0 aliphatic heterocycles. The van der Waals surface area contributed by atoms with E-state index in [0.717, 1.165) is 11.4 Å². The lowest BCUT2D eigenvalue weighted by molar-refractivity contribution is -0.114. The van der Waals surface area contributed by atoms with Crippen LogP contribution in [0.15, 0.2) is 60.8 Å². The van der Waals surface area contributed by atoms with E-state index >= 15 is 0 Å². The monoisotopic (exact) mass is 334 g/mol. The number of hydrogen-bond donors (Lipinski definition) is 2. The first-order valence-corrected chi connectivity index (χ1v) is 7.75. The topological polar surface area (TPSA) is 83.0 Å². The van der Waals surface area contributed by atoms with Gasteiger partial charge in [0.1, 0.15) is 0 Å². The second-order valence-electron chi connectivity index (χ2n) is 5.42. The minimum Gasteiger partial charge on any atom is -0.328 e. The fourth-order valence-corrected chi connectivity index (χ4v) is 2.30. The molecule has 7 heteroatoms. The Morgan fingerprint density at radius 1 is 1.04 bits per heavy atom. The molecule has 0 atom stereocenters. The smallest absolute Gasteiger partial charge is 0.249 e. The molecule has 0 radical (unpaired) electrons. The first-order valence-electron chi connectivity index (χ1n) is 7.75. The van der Waals surface area contributed by atoms with Crippen molar-refractivity contribution in [2.45, 2.75) is 6.92 Å². The first kappa shape index (κ1) is 16.4. The number of nitrogens with zero attached hydrogens (tertiary/aromatic N) is 4. The SMILES string of the molecule is CC(=O)Nc1cccc(Nc2nncc(N(C)c3ccccc3)n2)c1. The van der Waals surface area contributed by atoms with Crippen molar-refractivity contribution >= 4 is 34.7 Å². The Kier molecular flexibility index (Phi) is 4.84. The van der Waals surface area contributed by atoms with E-state index in [1.807, 2.05) is 60.5 Å². The van der Waals surface area contributed by atoms with Crippen molar-refractivity contribution in [2.75, 3.05) is 22.6 Å². The molecule has 7 nitrogen and oxygen atoms in total. The summed E-state index contributed by atoms with van der Waals surface area (Å²) in [7, 11) is 1.92. The van der Waals surface area contributed by atoms with Gasteiger partial charge in [0.25, 0.3) is 0 Å². The Labute approximate surface area is 145 Å². The van der Waals surface area contributed by atoms with Gasteiger partial charge in [-0.05, 0) is 30.3 Å². The molecule has 1 aromatic heterocycles. The standard InChI is InChI=1S/C18H18N6O/c1-13(25)20-14-7-6-8-15(11-14)21-18-22-17(12-19-23-18)24(2)16-9-4-3-5-10-16/h3-12H,1-2H3,(H,20,25)(H,21,22,23). The van der Waals surface area contributed by atoms with Crippen LogP contribution in [0.3, 0.4) is 0 Å². The van der Waals surface area contributed by atoms with Gasteiger partial charge in [0.15, 0.2) is 5.82 Å². The summed E-state index contributed by atoms with van der Waals surface area (Å²) >= 11 is 0. The predicted molar refractivity (Wildman–Crippen MR) is 98.4 cm³/mol. The molecule has 3 rings (SSSR count). The highest BCUT2D eigenvalue weighted by Crippen LogP contribution is 2.22. The van der Waals surface area contributed by atoms with Crippen LogP contribution in [0.25, 0.3) is 0 Å². The number of rotatable bonds is 5. The van der Waals surface area contributed by atoms with Crippen LogP contribution in [0.1, 0.15) is 6.92 Å². The van der Waals surface area contributed by atoms with Gasteiger partial charge in [-0.25, -0.2) is 0 Å². The molecule has 0 aliphatic rings. The summed E-state index contributed by atoms with van der Waals surface area (Å²) < 4.78 is 0. The van der Waals surface area contributed by atoms with Crippen LogP contribution in [0, 0.1) is 0 Å². The highest BCUT2D eigenvalue weighted by molar-refractivity contribution is 5.89. The number of nitrogens with one attached hydrogen (secondary N) is 2. The normalized spacial score (nSPS) is 10.2. The lowest BCUT2D eigenvalue weighted by Crippen LogP contribution is -2.13. The molecule has 126 valence electrons. The van der Waals surface area contributed by atoms with Crippen molar-refractivity contribution in [1.29, 1.82) is 0 Å². The van der Waals surface area contributed by atoms with Gasteiger partial charge in [0.2, 0.25) is 11.9 Å². The average molecular weight is 334 g/mol. The van der Waals surface area contributed by atoms with Crippen molar-refractivity contribution in [1.82, 2.24) is 15.2 Å². The second-order valence-corrected chi connectivity index (χ2v) is 5.42. The maximum absolute atomic E-state index is 11.2. The van der Waals surface area contributed by atoms with Crippen LogP contribution in [-0.2, 0) is 4.79 Å². The summed E-state index contributed by atoms with van der Waals surface area (Å²) in [5, 5.41) is 13.9. The molecular formula is C18H18N6O. The summed E-state index contributed by atoms with van der Waals surface area (Å²) in [6, 6.07) is 17.2. The fraction of sp³-hybridized carbons (Fsp3) is 0.111. The van der Waals surface area contributed by atoms with Gasteiger partial charge >= 0.3 is 0 Å². The van der Waals surface area contributed by atoms with E-state index in [-0.39, 0.29) is 5.91 Å². The molecule has 0 fully saturated rings. The van der Waals surface area contributed by atoms with Gasteiger partial charge in [0.05, 0.1) is 6.20 Å². The van der Waals surface area contributed by atoms with E-state index in [9.17, 15) is 4.79 Å². The third-order valence-corrected chi connectivity index (χ3v) is 3.47. The number of anilines is 5. The molecular weight excluding hydrogens is 316 g/mol. The molecule has 0 saturated heterocycles. The summed E-state index contributed by atoms with van der Waals surface area (Å²) in [5.41, 5.74) is 2.46. The van der Waals surface area contributed by atoms with Crippen LogP contribution in [0.5, 0.6) is 0 Å². The van der Waals surface area contributed by atoms with Crippen LogP contribution in [0.4, 0.5) is 28.8 Å². The van der Waals surface area contributed by atoms with Gasteiger partial charge in [0, 0.05) is 31.0 Å². The Balaban J connectivity index is 1.79. The molecule has 3 aromatic rings. The molecule has 0 unspecified atom stereocenters. The van der Waals surface area contributed by atoms with Crippen LogP contribution in [0.2, 0.25) is 0 Å². The number of aromatic nitrogens is 3. The van der Waals surface area contributed by atoms with Gasteiger partial charge in [-0.15, -0.1) is 5.10 Å². The maximum Gasteiger partial charge on any atom is 0.249 e. The van der Waals surface area contributed by atoms with Crippen LogP contribution < -0.4 is 15.5 Å². The molecule has 2 N–H and O–H groups in total. The number of amides is 1. The molecule has 0 spiro atoms. The lowest BCUT2D eigenvalue weighted by atomic mass is 10.3. The molecule has 1 heterocycles.